The monoisotopic (exact) mass is 543 g/mol. The van der Waals surface area contributed by atoms with Crippen LogP contribution < -0.4 is 4.90 Å². The zero-order valence-electron chi connectivity index (χ0n) is 20.0. The predicted octanol–water partition coefficient (Wildman–Crippen LogP) is 5.79. The summed E-state index contributed by atoms with van der Waals surface area (Å²) in [5.74, 6) is 0.285. The Labute approximate surface area is 219 Å². The molecule has 1 fully saturated rings. The Morgan fingerprint density at radius 2 is 1.83 bits per heavy atom. The number of aromatic nitrogens is 1. The van der Waals surface area contributed by atoms with Crippen molar-refractivity contribution in [1.29, 1.82) is 0 Å². The number of furan rings is 1. The summed E-state index contributed by atoms with van der Waals surface area (Å²) in [7, 11) is -3.64. The molecule has 1 saturated heterocycles. The van der Waals surface area contributed by atoms with Gasteiger partial charge in [0.1, 0.15) is 5.76 Å². The van der Waals surface area contributed by atoms with Crippen LogP contribution >= 0.6 is 22.9 Å². The highest BCUT2D eigenvalue weighted by Gasteiger charge is 2.35. The molecular weight excluding hydrogens is 518 g/mol. The molecule has 0 N–H and O–H groups in total. The van der Waals surface area contributed by atoms with Crippen molar-refractivity contribution in [2.24, 2.45) is 5.92 Å². The van der Waals surface area contributed by atoms with Gasteiger partial charge in [-0.15, -0.1) is 0 Å². The van der Waals surface area contributed by atoms with Crippen molar-refractivity contribution in [2.75, 3.05) is 18.0 Å². The molecule has 0 spiro atoms. The van der Waals surface area contributed by atoms with Crippen LogP contribution in [0.25, 0.3) is 10.2 Å². The first kappa shape index (κ1) is 25.0. The van der Waals surface area contributed by atoms with Crippen LogP contribution in [0, 0.1) is 19.8 Å². The molecule has 0 saturated carbocycles. The molecular formula is C26H26ClN3O4S2. The standard InChI is InChI=1S/C26H26ClN3O4S2/c1-17-14-23-24(15-18(17)2)35-26(28-23)30(16-21-4-3-13-34-21)25(31)19-9-11-29(12-10-19)36(32,33)22-7-5-20(27)6-8-22/h3-8,13-15,19H,9-12,16H2,1-2H3. The maximum absolute atomic E-state index is 13.8. The van der Waals surface area contributed by atoms with Gasteiger partial charge in [0.2, 0.25) is 15.9 Å². The lowest BCUT2D eigenvalue weighted by atomic mass is 9.96. The first-order valence-corrected chi connectivity index (χ1v) is 14.3. The molecule has 4 aromatic rings. The van der Waals surface area contributed by atoms with Crippen LogP contribution in [0.1, 0.15) is 29.7 Å². The Morgan fingerprint density at radius 1 is 1.14 bits per heavy atom. The zero-order valence-corrected chi connectivity index (χ0v) is 22.4. The minimum Gasteiger partial charge on any atom is -0.467 e. The summed E-state index contributed by atoms with van der Waals surface area (Å²) in [5, 5.41) is 1.10. The Kier molecular flexibility index (Phi) is 6.91. The van der Waals surface area contributed by atoms with Crippen molar-refractivity contribution in [2.45, 2.75) is 38.1 Å². The summed E-state index contributed by atoms with van der Waals surface area (Å²) in [5.41, 5.74) is 3.19. The molecule has 10 heteroatoms. The van der Waals surface area contributed by atoms with E-state index in [1.807, 2.05) is 19.1 Å². The first-order chi connectivity index (χ1) is 17.2. The SMILES string of the molecule is Cc1cc2nc(N(Cc3ccco3)C(=O)C3CCN(S(=O)(=O)c4ccc(Cl)cc4)CC3)sc2cc1C. The number of hydrogen-bond donors (Lipinski definition) is 0. The Balaban J connectivity index is 1.37. The molecule has 36 heavy (non-hydrogen) atoms. The van der Waals surface area contributed by atoms with Crippen molar-refractivity contribution in [3.63, 3.8) is 0 Å². The number of thiazole rings is 1. The maximum Gasteiger partial charge on any atom is 0.243 e. The van der Waals surface area contributed by atoms with E-state index in [1.54, 1.807) is 29.4 Å². The minimum absolute atomic E-state index is 0.0672. The molecule has 0 unspecified atom stereocenters. The van der Waals surface area contributed by atoms with Gasteiger partial charge < -0.3 is 4.42 Å². The van der Waals surface area contributed by atoms with E-state index >= 15 is 0 Å². The number of carbonyl (C=O) groups is 1. The summed E-state index contributed by atoms with van der Waals surface area (Å²) in [6.07, 6.45) is 2.45. The molecule has 7 nitrogen and oxygen atoms in total. The van der Waals surface area contributed by atoms with Gasteiger partial charge in [-0.1, -0.05) is 22.9 Å². The van der Waals surface area contributed by atoms with Crippen molar-refractivity contribution in [1.82, 2.24) is 9.29 Å². The molecule has 1 aliphatic heterocycles. The smallest absolute Gasteiger partial charge is 0.243 e. The van der Waals surface area contributed by atoms with E-state index < -0.39 is 10.0 Å². The van der Waals surface area contributed by atoms with E-state index in [9.17, 15) is 13.2 Å². The van der Waals surface area contributed by atoms with Crippen molar-refractivity contribution < 1.29 is 17.6 Å². The Hall–Kier alpha value is -2.72. The molecule has 0 radical (unpaired) electrons. The number of halogens is 1. The quantitative estimate of drug-likeness (QED) is 0.307. The first-order valence-electron chi connectivity index (χ1n) is 11.7. The minimum atomic E-state index is -3.64. The number of fused-ring (bicyclic) bond motifs is 1. The predicted molar refractivity (Wildman–Crippen MR) is 142 cm³/mol. The Bertz CT molecular complexity index is 1450. The molecule has 1 aliphatic rings. The van der Waals surface area contributed by atoms with Gasteiger partial charge in [-0.05, 0) is 86.3 Å². The fourth-order valence-corrected chi connectivity index (χ4v) is 7.05. The summed E-state index contributed by atoms with van der Waals surface area (Å²) in [6, 6.07) is 13.9. The van der Waals surface area contributed by atoms with E-state index in [0.717, 1.165) is 15.8 Å². The third-order valence-corrected chi connectivity index (χ3v) is 9.84. The second-order valence-electron chi connectivity index (χ2n) is 9.04. The molecule has 0 aliphatic carbocycles. The van der Waals surface area contributed by atoms with Gasteiger partial charge in [0.25, 0.3) is 0 Å². The molecule has 2 aromatic carbocycles. The largest absolute Gasteiger partial charge is 0.467 e. The summed E-state index contributed by atoms with van der Waals surface area (Å²) >= 11 is 7.39. The lowest BCUT2D eigenvalue weighted by Gasteiger charge is -2.32. The van der Waals surface area contributed by atoms with Crippen molar-refractivity contribution in [3.05, 3.63) is 76.7 Å². The van der Waals surface area contributed by atoms with Gasteiger partial charge in [0.15, 0.2) is 5.13 Å². The van der Waals surface area contributed by atoms with Crippen LogP contribution in [0.4, 0.5) is 5.13 Å². The highest BCUT2D eigenvalue weighted by molar-refractivity contribution is 7.89. The van der Waals surface area contributed by atoms with Crippen LogP contribution in [0.15, 0.2) is 64.1 Å². The second kappa shape index (κ2) is 9.97. The number of hydrogen-bond acceptors (Lipinski definition) is 6. The molecule has 0 atom stereocenters. The van der Waals surface area contributed by atoms with Crippen LogP contribution in [0.5, 0.6) is 0 Å². The van der Waals surface area contributed by atoms with Gasteiger partial charge in [-0.2, -0.15) is 4.31 Å². The zero-order chi connectivity index (χ0) is 25.4. The summed E-state index contributed by atoms with van der Waals surface area (Å²) in [4.78, 5) is 20.4. The molecule has 2 aromatic heterocycles. The van der Waals surface area contributed by atoms with Crippen molar-refractivity contribution in [3.8, 4) is 0 Å². The highest BCUT2D eigenvalue weighted by atomic mass is 35.5. The number of sulfonamides is 1. The average Bonchev–Trinajstić information content (AvgIpc) is 3.52. The van der Waals surface area contributed by atoms with E-state index in [2.05, 4.69) is 13.0 Å². The van der Waals surface area contributed by atoms with Gasteiger partial charge in [0, 0.05) is 24.0 Å². The van der Waals surface area contributed by atoms with E-state index in [1.165, 1.54) is 33.3 Å². The van der Waals surface area contributed by atoms with Gasteiger partial charge in [-0.25, -0.2) is 13.4 Å². The summed E-state index contributed by atoms with van der Waals surface area (Å²) in [6.45, 7) is 4.92. The fraction of sp³-hybridized carbons (Fsp3) is 0.308. The third-order valence-electron chi connectivity index (χ3n) is 6.64. The number of carbonyl (C=O) groups excluding carboxylic acids is 1. The third kappa shape index (κ3) is 4.93. The topological polar surface area (TPSA) is 83.7 Å². The van der Waals surface area contributed by atoms with E-state index in [0.29, 0.717) is 28.8 Å². The molecule has 3 heterocycles. The van der Waals surface area contributed by atoms with Gasteiger partial charge in [0.05, 0.1) is 27.9 Å². The van der Waals surface area contributed by atoms with Crippen LogP contribution in [-0.2, 0) is 21.4 Å². The lowest BCUT2D eigenvalue weighted by molar-refractivity contribution is -0.123. The van der Waals surface area contributed by atoms with Crippen LogP contribution in [0.3, 0.4) is 0 Å². The van der Waals surface area contributed by atoms with Gasteiger partial charge >= 0.3 is 0 Å². The fourth-order valence-electron chi connectivity index (χ4n) is 4.40. The number of benzene rings is 2. The highest BCUT2D eigenvalue weighted by Crippen LogP contribution is 2.34. The van der Waals surface area contributed by atoms with Crippen molar-refractivity contribution >= 4 is 54.2 Å². The second-order valence-corrected chi connectivity index (χ2v) is 12.4. The number of anilines is 1. The summed E-state index contributed by atoms with van der Waals surface area (Å²) < 4.78 is 34.1. The lowest BCUT2D eigenvalue weighted by Crippen LogP contribution is -2.44. The number of amides is 1. The molecule has 1 amide bonds. The van der Waals surface area contributed by atoms with Gasteiger partial charge in [-0.3, -0.25) is 9.69 Å². The number of rotatable bonds is 6. The van der Waals surface area contributed by atoms with E-state index in [4.69, 9.17) is 21.0 Å². The number of aryl methyl sites for hydroxylation is 2. The number of nitrogens with zero attached hydrogens (tertiary/aromatic N) is 3. The van der Waals surface area contributed by atoms with E-state index in [-0.39, 0.29) is 36.4 Å². The number of piperidine rings is 1. The van der Waals surface area contributed by atoms with Crippen LogP contribution in [-0.4, -0.2) is 36.7 Å². The maximum atomic E-state index is 13.8. The average molecular weight is 544 g/mol. The molecule has 5 rings (SSSR count). The Morgan fingerprint density at radius 3 is 2.50 bits per heavy atom. The normalized spacial score (nSPS) is 15.4. The van der Waals surface area contributed by atoms with Crippen LogP contribution in [0.2, 0.25) is 5.02 Å². The molecule has 0 bridgehead atoms. The molecule has 188 valence electrons.